The molecule has 86 heavy (non-hydrogen) atoms. The van der Waals surface area contributed by atoms with E-state index in [1.165, 1.54) is 205 Å². The van der Waals surface area contributed by atoms with Crippen LogP contribution in [-0.2, 0) is 38.2 Å². The number of amides is 4. The van der Waals surface area contributed by atoms with Crippen molar-refractivity contribution in [3.05, 3.63) is 0 Å². The molecule has 0 saturated carbocycles. The molecule has 0 aromatic rings. The van der Waals surface area contributed by atoms with E-state index in [4.69, 9.17) is 9.47 Å². The van der Waals surface area contributed by atoms with Crippen LogP contribution in [0.5, 0.6) is 0 Å². The van der Waals surface area contributed by atoms with E-state index in [0.717, 1.165) is 51.4 Å². The average molecular weight is 1220 g/mol. The molecule has 0 rings (SSSR count). The number of rotatable bonds is 67. The summed E-state index contributed by atoms with van der Waals surface area (Å²) in [5, 5.41) is 12.3. The minimum atomic E-state index is -0.397. The van der Waals surface area contributed by atoms with Gasteiger partial charge in [-0.25, -0.2) is 0 Å². The van der Waals surface area contributed by atoms with E-state index in [0.29, 0.717) is 65.4 Å². The number of ether oxygens (including phenoxy) is 2. The Hall–Kier alpha value is -3.34. The van der Waals surface area contributed by atoms with Gasteiger partial charge in [0.25, 0.3) is 0 Å². The smallest absolute Gasteiger partial charge is 0.307 e. The molecule has 0 aliphatic heterocycles. The van der Waals surface area contributed by atoms with Crippen LogP contribution in [0.3, 0.4) is 0 Å². The number of nitrogens with one attached hydrogen (secondary N) is 4. The fourth-order valence-electron chi connectivity index (χ4n) is 10.7. The highest BCUT2D eigenvalue weighted by molar-refractivity contribution is 5.82. The Morgan fingerprint density at radius 2 is 0.465 bits per heavy atom. The normalized spacial score (nSPS) is 11.5. The number of esters is 2. The zero-order valence-corrected chi connectivity index (χ0v) is 57.1. The summed E-state index contributed by atoms with van der Waals surface area (Å²) in [7, 11) is 3.82. The molecule has 16 nitrogen and oxygen atoms in total. The summed E-state index contributed by atoms with van der Waals surface area (Å²) in [5.74, 6) is -1.11. The van der Waals surface area contributed by atoms with Crippen LogP contribution >= 0.6 is 0 Å². The van der Waals surface area contributed by atoms with Crippen molar-refractivity contribution in [3.8, 4) is 0 Å². The van der Waals surface area contributed by atoms with Crippen LogP contribution in [0, 0.1) is 0 Å². The standard InChI is InChI=1S/C70H138N8O8/c1-7-11-15-19-23-27-31-35-39-43-49-71-65(79)61-77(62-66(80)72-50-44-40-36-32-28-24-20-16-12-8-2)57-55-75(5)53-47-69(83)85-59-60-86-70(84)48-54-76(6)56-58-78(63-67(81)73-51-45-41-37-33-29-25-21-17-13-9-3)64-68(82)74-52-46-42-38-34-30-26-22-18-14-10-4/h7-64H2,1-6H3,(H,71,79)(H,72,80)(H,73,81)(H,74,82). The maximum Gasteiger partial charge on any atom is 0.307 e. The lowest BCUT2D eigenvalue weighted by molar-refractivity contribution is -0.152. The highest BCUT2D eigenvalue weighted by Gasteiger charge is 2.18. The second-order valence-corrected chi connectivity index (χ2v) is 25.1. The molecular weight excluding hydrogens is 1080 g/mol. The van der Waals surface area contributed by atoms with Gasteiger partial charge in [0.1, 0.15) is 13.2 Å². The second-order valence-electron chi connectivity index (χ2n) is 25.1. The first kappa shape index (κ1) is 82.7. The van der Waals surface area contributed by atoms with E-state index in [-0.39, 0.29) is 75.9 Å². The summed E-state index contributed by atoms with van der Waals surface area (Å²) in [6.45, 7) is 14.9. The average Bonchev–Trinajstić information content (AvgIpc) is 3.51. The van der Waals surface area contributed by atoms with Gasteiger partial charge in [-0.3, -0.25) is 38.6 Å². The maximum atomic E-state index is 13.1. The largest absolute Gasteiger partial charge is 0.462 e. The third kappa shape index (κ3) is 60.9. The Labute approximate surface area is 528 Å². The zero-order chi connectivity index (χ0) is 63.0. The van der Waals surface area contributed by atoms with E-state index in [1.54, 1.807) is 0 Å². The van der Waals surface area contributed by atoms with Crippen molar-refractivity contribution in [2.45, 2.75) is 297 Å². The Morgan fingerprint density at radius 1 is 0.267 bits per heavy atom. The minimum absolute atomic E-state index is 0.0438. The topological polar surface area (TPSA) is 182 Å². The first-order valence-electron chi connectivity index (χ1n) is 36.1. The lowest BCUT2D eigenvalue weighted by Crippen LogP contribution is -2.45. The van der Waals surface area contributed by atoms with Gasteiger partial charge in [0.15, 0.2) is 0 Å². The van der Waals surface area contributed by atoms with Gasteiger partial charge in [0.05, 0.1) is 39.0 Å². The Balaban J connectivity index is 4.86. The van der Waals surface area contributed by atoms with Crippen LogP contribution in [0.25, 0.3) is 0 Å². The Kier molecular flexibility index (Phi) is 62.1. The first-order chi connectivity index (χ1) is 41.9. The summed E-state index contributed by atoms with van der Waals surface area (Å²) in [6.07, 6.45) is 49.7. The summed E-state index contributed by atoms with van der Waals surface area (Å²) in [6, 6.07) is 0. The molecule has 0 atom stereocenters. The summed E-state index contributed by atoms with van der Waals surface area (Å²) in [4.78, 5) is 85.5. The highest BCUT2D eigenvalue weighted by Crippen LogP contribution is 2.14. The van der Waals surface area contributed by atoms with Crippen molar-refractivity contribution in [1.29, 1.82) is 0 Å². The molecule has 0 aliphatic rings. The third-order valence-electron chi connectivity index (χ3n) is 16.5. The van der Waals surface area contributed by atoms with E-state index >= 15 is 0 Å². The molecule has 0 aromatic heterocycles. The van der Waals surface area contributed by atoms with Crippen molar-refractivity contribution >= 4 is 35.6 Å². The first-order valence-corrected chi connectivity index (χ1v) is 36.1. The summed E-state index contributed by atoms with van der Waals surface area (Å²) >= 11 is 0. The van der Waals surface area contributed by atoms with Gasteiger partial charge in [0, 0.05) is 65.4 Å². The van der Waals surface area contributed by atoms with Crippen LogP contribution < -0.4 is 21.3 Å². The molecule has 0 bridgehead atoms. The van der Waals surface area contributed by atoms with Gasteiger partial charge in [-0.2, -0.15) is 0 Å². The van der Waals surface area contributed by atoms with Crippen molar-refractivity contribution < 1.29 is 38.2 Å². The fourth-order valence-corrected chi connectivity index (χ4v) is 10.7. The van der Waals surface area contributed by atoms with Crippen LogP contribution in [0.2, 0.25) is 0 Å². The predicted octanol–water partition coefficient (Wildman–Crippen LogP) is 13.5. The van der Waals surface area contributed by atoms with Gasteiger partial charge in [-0.1, -0.05) is 259 Å². The second kappa shape index (κ2) is 64.6. The molecule has 0 aromatic carbocycles. The quantitative estimate of drug-likeness (QED) is 0.0335. The molecule has 506 valence electrons. The monoisotopic (exact) mass is 1220 g/mol. The minimum Gasteiger partial charge on any atom is -0.462 e. The number of unbranched alkanes of at least 4 members (excludes halogenated alkanes) is 36. The number of hydrogen-bond acceptors (Lipinski definition) is 12. The molecule has 0 fully saturated rings. The molecule has 0 aliphatic carbocycles. The van der Waals surface area contributed by atoms with Crippen molar-refractivity contribution in [2.75, 3.05) is 119 Å². The van der Waals surface area contributed by atoms with Gasteiger partial charge in [-0.15, -0.1) is 0 Å². The highest BCUT2D eigenvalue weighted by atomic mass is 16.6. The molecule has 16 heteroatoms. The van der Waals surface area contributed by atoms with Gasteiger partial charge in [0.2, 0.25) is 23.6 Å². The van der Waals surface area contributed by atoms with Crippen molar-refractivity contribution in [1.82, 2.24) is 40.9 Å². The molecule has 0 unspecified atom stereocenters. The lowest BCUT2D eigenvalue weighted by Gasteiger charge is -2.24. The molecule has 0 heterocycles. The molecule has 0 spiro atoms. The van der Waals surface area contributed by atoms with Crippen molar-refractivity contribution in [2.24, 2.45) is 0 Å². The van der Waals surface area contributed by atoms with Gasteiger partial charge >= 0.3 is 11.9 Å². The summed E-state index contributed by atoms with van der Waals surface area (Å²) in [5.41, 5.74) is 0. The summed E-state index contributed by atoms with van der Waals surface area (Å²) < 4.78 is 10.8. The zero-order valence-electron chi connectivity index (χ0n) is 57.1. The maximum absolute atomic E-state index is 13.1. The number of carbonyl (C=O) groups excluding carboxylic acids is 6. The van der Waals surface area contributed by atoms with Crippen LogP contribution in [-0.4, -0.2) is 174 Å². The van der Waals surface area contributed by atoms with E-state index in [2.05, 4.69) is 49.0 Å². The fraction of sp³-hybridized carbons (Fsp3) is 0.914. The number of hydrogen-bond donors (Lipinski definition) is 4. The molecule has 4 N–H and O–H groups in total. The molecule has 0 radical (unpaired) electrons. The van der Waals surface area contributed by atoms with Crippen LogP contribution in [0.1, 0.15) is 297 Å². The number of likely N-dealkylation sites (N-methyl/N-ethyl adjacent to an activating group) is 2. The Bertz CT molecular complexity index is 1380. The number of nitrogens with zero attached hydrogens (tertiary/aromatic N) is 4. The lowest BCUT2D eigenvalue weighted by atomic mass is 10.1. The predicted molar refractivity (Wildman–Crippen MR) is 358 cm³/mol. The van der Waals surface area contributed by atoms with Crippen LogP contribution in [0.4, 0.5) is 0 Å². The Morgan fingerprint density at radius 3 is 0.674 bits per heavy atom. The SMILES string of the molecule is CCCCCCCCCCCCNC(=O)CN(CCN(C)CCC(=O)OCCOC(=O)CCN(C)CCN(CC(=O)NCCCCCCCCCCCC)CC(=O)NCCCCCCCCCCCC)CC(=O)NCCCCCCCCCCCC. The molecular formula is C70H138N8O8. The number of carbonyl (C=O) groups is 6. The van der Waals surface area contributed by atoms with Gasteiger partial charge in [-0.05, 0) is 39.8 Å². The van der Waals surface area contributed by atoms with E-state index in [9.17, 15) is 28.8 Å². The third-order valence-corrected chi connectivity index (χ3v) is 16.5. The van der Waals surface area contributed by atoms with Crippen molar-refractivity contribution in [3.63, 3.8) is 0 Å². The van der Waals surface area contributed by atoms with Gasteiger partial charge < -0.3 is 40.5 Å². The van der Waals surface area contributed by atoms with Crippen LogP contribution in [0.15, 0.2) is 0 Å². The van der Waals surface area contributed by atoms with E-state index < -0.39 is 11.9 Å². The molecule has 0 saturated heterocycles. The molecule has 4 amide bonds. The van der Waals surface area contributed by atoms with E-state index in [1.807, 2.05) is 33.7 Å².